The lowest BCUT2D eigenvalue weighted by molar-refractivity contribution is -0.137. The van der Waals surface area contributed by atoms with Crippen molar-refractivity contribution >= 4 is 11.0 Å². The highest BCUT2D eigenvalue weighted by molar-refractivity contribution is 5.76. The minimum atomic E-state index is -4.32. The minimum absolute atomic E-state index is 0.429. The van der Waals surface area contributed by atoms with Crippen LogP contribution in [0, 0.1) is 0 Å². The van der Waals surface area contributed by atoms with Gasteiger partial charge in [0.25, 0.3) is 0 Å². The molecule has 0 aliphatic heterocycles. The van der Waals surface area contributed by atoms with E-state index in [9.17, 15) is 13.2 Å². The lowest BCUT2D eigenvalue weighted by Gasteiger charge is -2.06. The molecule has 0 atom stereocenters. The van der Waals surface area contributed by atoms with E-state index in [1.165, 1.54) is 6.07 Å². The van der Waals surface area contributed by atoms with E-state index in [0.29, 0.717) is 23.3 Å². The number of nitrogens with zero attached hydrogens (tertiary/aromatic N) is 2. The van der Waals surface area contributed by atoms with Crippen molar-refractivity contribution in [3.63, 3.8) is 0 Å². The molecule has 98 valence electrons. The Labute approximate surface area is 103 Å². The predicted molar refractivity (Wildman–Crippen MR) is 63.4 cm³/mol. The molecule has 1 N–H and O–H groups in total. The van der Waals surface area contributed by atoms with Crippen LogP contribution in [0.4, 0.5) is 13.2 Å². The number of aromatic nitrogens is 2. The van der Waals surface area contributed by atoms with E-state index in [2.05, 4.69) is 9.97 Å². The molecule has 0 radical (unpaired) electrons. The average molecular weight is 257 g/mol. The van der Waals surface area contributed by atoms with Gasteiger partial charge in [-0.15, -0.1) is 0 Å². The third-order valence-corrected chi connectivity index (χ3v) is 2.65. The topological polar surface area (TPSA) is 31.9 Å². The van der Waals surface area contributed by atoms with Crippen molar-refractivity contribution in [3.8, 4) is 0 Å². The molecule has 0 saturated carbocycles. The molecule has 1 heterocycles. The molecule has 3 nitrogen and oxygen atoms in total. The van der Waals surface area contributed by atoms with Gasteiger partial charge in [-0.25, -0.2) is 4.98 Å². The van der Waals surface area contributed by atoms with Crippen LogP contribution in [0.3, 0.4) is 0 Å². The standard InChI is InChI=1S/C12H14F3N3/c1-18(2)6-5-11-16-9-4-3-8(12(13,14)15)7-10(9)17-11/h3-4,7H,5-6H2,1-2H3,(H,16,17). The number of rotatable bonds is 3. The van der Waals surface area contributed by atoms with Crippen LogP contribution in [0.1, 0.15) is 11.4 Å². The van der Waals surface area contributed by atoms with Crippen LogP contribution in [-0.4, -0.2) is 35.5 Å². The Kier molecular flexibility index (Phi) is 3.30. The highest BCUT2D eigenvalue weighted by Crippen LogP contribution is 2.30. The van der Waals surface area contributed by atoms with Crippen molar-refractivity contribution in [2.24, 2.45) is 0 Å². The molecule has 1 aromatic carbocycles. The van der Waals surface area contributed by atoms with Crippen molar-refractivity contribution in [3.05, 3.63) is 29.6 Å². The summed E-state index contributed by atoms with van der Waals surface area (Å²) in [6.07, 6.45) is -3.63. The number of hydrogen-bond acceptors (Lipinski definition) is 2. The van der Waals surface area contributed by atoms with E-state index in [0.717, 1.165) is 18.7 Å². The summed E-state index contributed by atoms with van der Waals surface area (Å²) < 4.78 is 37.6. The normalized spacial score (nSPS) is 12.6. The van der Waals surface area contributed by atoms with Crippen molar-refractivity contribution < 1.29 is 13.2 Å². The maximum Gasteiger partial charge on any atom is 0.416 e. The van der Waals surface area contributed by atoms with E-state index >= 15 is 0 Å². The average Bonchev–Trinajstić information content (AvgIpc) is 2.66. The molecule has 0 bridgehead atoms. The summed E-state index contributed by atoms with van der Waals surface area (Å²) in [5, 5.41) is 0. The zero-order chi connectivity index (χ0) is 13.3. The second kappa shape index (κ2) is 4.61. The Morgan fingerprint density at radius 3 is 2.61 bits per heavy atom. The van der Waals surface area contributed by atoms with Gasteiger partial charge >= 0.3 is 6.18 Å². The quantitative estimate of drug-likeness (QED) is 0.916. The number of likely N-dealkylation sites (N-methyl/N-ethyl adjacent to an activating group) is 1. The maximum absolute atomic E-state index is 12.5. The molecule has 1 aromatic heterocycles. The number of aromatic amines is 1. The molecule has 2 rings (SSSR count). The number of imidazole rings is 1. The zero-order valence-electron chi connectivity index (χ0n) is 10.2. The first-order valence-electron chi connectivity index (χ1n) is 5.57. The van der Waals surface area contributed by atoms with Crippen molar-refractivity contribution in [2.75, 3.05) is 20.6 Å². The number of H-pyrrole nitrogens is 1. The van der Waals surface area contributed by atoms with Gasteiger partial charge in [0.1, 0.15) is 5.82 Å². The summed E-state index contributed by atoms with van der Waals surface area (Å²) in [4.78, 5) is 9.18. The zero-order valence-corrected chi connectivity index (χ0v) is 10.2. The molecular weight excluding hydrogens is 243 g/mol. The molecule has 2 aromatic rings. The van der Waals surface area contributed by atoms with Crippen LogP contribution in [0.2, 0.25) is 0 Å². The smallest absolute Gasteiger partial charge is 0.342 e. The van der Waals surface area contributed by atoms with Gasteiger partial charge in [0.2, 0.25) is 0 Å². The summed E-state index contributed by atoms with van der Waals surface area (Å²) in [5.74, 6) is 0.707. The number of hydrogen-bond donors (Lipinski definition) is 1. The van der Waals surface area contributed by atoms with Gasteiger partial charge in [-0.05, 0) is 32.3 Å². The second-order valence-electron chi connectivity index (χ2n) is 4.47. The summed E-state index contributed by atoms with van der Waals surface area (Å²) >= 11 is 0. The molecular formula is C12H14F3N3. The van der Waals surface area contributed by atoms with E-state index in [1.54, 1.807) is 0 Å². The van der Waals surface area contributed by atoms with Gasteiger partial charge < -0.3 is 9.88 Å². The van der Waals surface area contributed by atoms with E-state index < -0.39 is 11.7 Å². The highest BCUT2D eigenvalue weighted by Gasteiger charge is 2.30. The lowest BCUT2D eigenvalue weighted by Crippen LogP contribution is -2.15. The summed E-state index contributed by atoms with van der Waals surface area (Å²) in [6, 6.07) is 3.55. The largest absolute Gasteiger partial charge is 0.416 e. The molecule has 0 aliphatic carbocycles. The van der Waals surface area contributed by atoms with E-state index in [-0.39, 0.29) is 0 Å². The van der Waals surface area contributed by atoms with Crippen LogP contribution in [-0.2, 0) is 12.6 Å². The fourth-order valence-electron chi connectivity index (χ4n) is 1.69. The first-order chi connectivity index (χ1) is 8.36. The van der Waals surface area contributed by atoms with Crippen molar-refractivity contribution in [1.82, 2.24) is 14.9 Å². The van der Waals surface area contributed by atoms with Gasteiger partial charge in [0.15, 0.2) is 0 Å². The highest BCUT2D eigenvalue weighted by atomic mass is 19.4. The molecule has 6 heteroatoms. The van der Waals surface area contributed by atoms with E-state index in [1.807, 2.05) is 19.0 Å². The number of nitrogens with one attached hydrogen (secondary N) is 1. The van der Waals surface area contributed by atoms with Gasteiger partial charge in [-0.1, -0.05) is 0 Å². The molecule has 0 saturated heterocycles. The first-order valence-corrected chi connectivity index (χ1v) is 5.57. The van der Waals surface area contributed by atoms with Gasteiger partial charge in [0.05, 0.1) is 16.6 Å². The third kappa shape index (κ3) is 2.81. The minimum Gasteiger partial charge on any atom is -0.342 e. The van der Waals surface area contributed by atoms with Crippen LogP contribution in [0.5, 0.6) is 0 Å². The first kappa shape index (κ1) is 12.9. The Hall–Kier alpha value is -1.56. The van der Waals surface area contributed by atoms with Crippen LogP contribution in [0.15, 0.2) is 18.2 Å². The van der Waals surface area contributed by atoms with Gasteiger partial charge in [-0.3, -0.25) is 0 Å². The van der Waals surface area contributed by atoms with Crippen LogP contribution in [0.25, 0.3) is 11.0 Å². The monoisotopic (exact) mass is 257 g/mol. The van der Waals surface area contributed by atoms with Crippen molar-refractivity contribution in [2.45, 2.75) is 12.6 Å². The molecule has 0 amide bonds. The third-order valence-electron chi connectivity index (χ3n) is 2.65. The Morgan fingerprint density at radius 1 is 1.28 bits per heavy atom. The SMILES string of the molecule is CN(C)CCc1nc2ccc(C(F)(F)F)cc2[nH]1. The fraction of sp³-hybridized carbons (Fsp3) is 0.417. The predicted octanol–water partition coefficient (Wildman–Crippen LogP) is 2.69. The Bertz CT molecular complexity index is 543. The fourth-order valence-corrected chi connectivity index (χ4v) is 1.69. The van der Waals surface area contributed by atoms with Crippen LogP contribution < -0.4 is 0 Å². The number of fused-ring (bicyclic) bond motifs is 1. The molecule has 0 unspecified atom stereocenters. The molecule has 18 heavy (non-hydrogen) atoms. The number of benzene rings is 1. The van der Waals surface area contributed by atoms with Crippen LogP contribution >= 0.6 is 0 Å². The maximum atomic E-state index is 12.5. The summed E-state index contributed by atoms with van der Waals surface area (Å²) in [6.45, 7) is 0.798. The number of halogens is 3. The molecule has 0 fully saturated rings. The summed E-state index contributed by atoms with van der Waals surface area (Å²) in [7, 11) is 3.87. The Morgan fingerprint density at radius 2 is 2.00 bits per heavy atom. The Balaban J connectivity index is 2.28. The lowest BCUT2D eigenvalue weighted by atomic mass is 10.2. The van der Waals surface area contributed by atoms with Crippen molar-refractivity contribution in [1.29, 1.82) is 0 Å². The molecule has 0 aliphatic rings. The summed E-state index contributed by atoms with van der Waals surface area (Å²) in [5.41, 5.74) is 0.341. The second-order valence-corrected chi connectivity index (χ2v) is 4.47. The van der Waals surface area contributed by atoms with Gasteiger partial charge in [-0.2, -0.15) is 13.2 Å². The number of alkyl halides is 3. The van der Waals surface area contributed by atoms with E-state index in [4.69, 9.17) is 0 Å². The molecule has 0 spiro atoms. The van der Waals surface area contributed by atoms with Gasteiger partial charge in [0, 0.05) is 13.0 Å².